The Morgan fingerprint density at radius 2 is 2.62 bits per heavy atom. The maximum Gasteiger partial charge on any atom is 0.467 e. The van der Waals surface area contributed by atoms with E-state index in [1.807, 2.05) is 6.19 Å². The summed E-state index contributed by atoms with van der Waals surface area (Å²) in [5.41, 5.74) is 0. The summed E-state index contributed by atoms with van der Waals surface area (Å²) in [5.74, 6) is 0.397. The van der Waals surface area contributed by atoms with Crippen molar-refractivity contribution in [3.63, 3.8) is 0 Å². The molecule has 70 valence electrons. The molecule has 0 aromatic carbocycles. The van der Waals surface area contributed by atoms with Gasteiger partial charge in [0.05, 0.1) is 12.8 Å². The summed E-state index contributed by atoms with van der Waals surface area (Å²) >= 11 is 6.92. The highest BCUT2D eigenvalue weighted by molar-refractivity contribution is 7.78. The van der Waals surface area contributed by atoms with Gasteiger partial charge in [-0.2, -0.15) is 0 Å². The first-order valence-corrected chi connectivity index (χ1v) is 5.77. The number of nitrogens with zero attached hydrogens (tertiary/aromatic N) is 3. The minimum absolute atomic E-state index is 0.397. The lowest BCUT2D eigenvalue weighted by Gasteiger charge is -1.94. The molecule has 0 saturated carbocycles. The minimum Gasteiger partial charge on any atom is -0.305 e. The molecule has 0 bridgehead atoms. The van der Waals surface area contributed by atoms with Crippen molar-refractivity contribution in [2.75, 3.05) is 7.05 Å². The van der Waals surface area contributed by atoms with Gasteiger partial charge in [0.1, 0.15) is 11.0 Å². The fourth-order valence-electron chi connectivity index (χ4n) is 0.622. The molecule has 0 amide bonds. The standard InChI is InChI=1S/C6H6ClN3OS2/c1-10(4-8)13(11)3-5-2-9-6(7)12-5/h2H,3H2,1H3/p+1. The van der Waals surface area contributed by atoms with Gasteiger partial charge in [-0.15, -0.1) is 15.3 Å². The number of rotatable bonds is 2. The Hall–Kier alpha value is -0.480. The van der Waals surface area contributed by atoms with Crippen LogP contribution in [-0.2, 0) is 16.7 Å². The highest BCUT2D eigenvalue weighted by Gasteiger charge is 2.06. The van der Waals surface area contributed by atoms with E-state index in [0.29, 0.717) is 10.2 Å². The minimum atomic E-state index is -1.07. The highest BCUT2D eigenvalue weighted by Crippen LogP contribution is 2.18. The number of nitriles is 1. The smallest absolute Gasteiger partial charge is 0.305 e. The van der Waals surface area contributed by atoms with Gasteiger partial charge < -0.3 is 4.55 Å². The Morgan fingerprint density at radius 1 is 1.92 bits per heavy atom. The van der Waals surface area contributed by atoms with Gasteiger partial charge in [-0.25, -0.2) is 4.98 Å². The Bertz CT molecular complexity index is 381. The normalized spacial score (nSPS) is 13.5. The van der Waals surface area contributed by atoms with E-state index in [-0.39, 0.29) is 0 Å². The summed E-state index contributed by atoms with van der Waals surface area (Å²) in [6, 6.07) is 0. The predicted octanol–water partition coefficient (Wildman–Crippen LogP) is 1.69. The fourth-order valence-corrected chi connectivity index (χ4v) is 2.56. The fraction of sp³-hybridized carbons (Fsp3) is 0.333. The van der Waals surface area contributed by atoms with Gasteiger partial charge in [0.15, 0.2) is 9.73 Å². The summed E-state index contributed by atoms with van der Waals surface area (Å²) < 4.78 is 11.1. The molecule has 1 unspecified atom stereocenters. The van der Waals surface area contributed by atoms with Crippen LogP contribution in [0.1, 0.15) is 4.88 Å². The van der Waals surface area contributed by atoms with Crippen LogP contribution in [0.5, 0.6) is 0 Å². The molecule has 1 aromatic heterocycles. The second-order valence-electron chi connectivity index (χ2n) is 2.16. The van der Waals surface area contributed by atoms with E-state index in [0.717, 1.165) is 4.88 Å². The molecule has 1 atom stereocenters. The molecule has 0 saturated heterocycles. The van der Waals surface area contributed by atoms with E-state index < -0.39 is 11.0 Å². The molecule has 0 spiro atoms. The van der Waals surface area contributed by atoms with E-state index in [9.17, 15) is 4.55 Å². The monoisotopic (exact) mass is 236 g/mol. The molecule has 7 heteroatoms. The Balaban J connectivity index is 2.77. The largest absolute Gasteiger partial charge is 0.467 e. The van der Waals surface area contributed by atoms with Crippen LogP contribution in [0.15, 0.2) is 6.20 Å². The third-order valence-corrected chi connectivity index (χ3v) is 3.83. The lowest BCUT2D eigenvalue weighted by molar-refractivity contribution is -0.378. The molecule has 1 N–H and O–H groups in total. The van der Waals surface area contributed by atoms with E-state index in [4.69, 9.17) is 16.9 Å². The van der Waals surface area contributed by atoms with Gasteiger partial charge in [-0.3, -0.25) is 0 Å². The molecule has 13 heavy (non-hydrogen) atoms. The van der Waals surface area contributed by atoms with Crippen molar-refractivity contribution >= 4 is 33.9 Å². The third-order valence-electron chi connectivity index (χ3n) is 1.25. The Morgan fingerprint density at radius 3 is 3.08 bits per heavy atom. The lowest BCUT2D eigenvalue weighted by Crippen LogP contribution is -2.06. The van der Waals surface area contributed by atoms with E-state index >= 15 is 0 Å². The number of thiazole rings is 1. The Kier molecular flexibility index (Phi) is 3.81. The molecule has 1 heterocycles. The van der Waals surface area contributed by atoms with E-state index in [1.54, 1.807) is 6.20 Å². The molecule has 4 nitrogen and oxygen atoms in total. The van der Waals surface area contributed by atoms with E-state index in [2.05, 4.69) is 4.98 Å². The average molecular weight is 237 g/mol. The summed E-state index contributed by atoms with van der Waals surface area (Å²) in [6.45, 7) is 0. The van der Waals surface area contributed by atoms with Crippen molar-refractivity contribution in [1.82, 2.24) is 4.98 Å². The zero-order chi connectivity index (χ0) is 9.84. The van der Waals surface area contributed by atoms with Crippen molar-refractivity contribution in [2.24, 2.45) is 0 Å². The molecule has 0 radical (unpaired) electrons. The van der Waals surface area contributed by atoms with Gasteiger partial charge in [0.2, 0.25) is 0 Å². The lowest BCUT2D eigenvalue weighted by atomic mass is 10.6. The number of hydrogen-bond donors (Lipinski definition) is 1. The van der Waals surface area contributed by atoms with Crippen LogP contribution in [0.4, 0.5) is 0 Å². The molecular weight excluding hydrogens is 230 g/mol. The Labute approximate surface area is 87.3 Å². The molecular formula is C6H7ClN3OS2+. The van der Waals surface area contributed by atoms with Crippen LogP contribution < -0.4 is 0 Å². The molecule has 0 fully saturated rings. The van der Waals surface area contributed by atoms with Crippen LogP contribution >= 0.6 is 22.9 Å². The van der Waals surface area contributed by atoms with Crippen molar-refractivity contribution in [1.29, 1.82) is 5.26 Å². The van der Waals surface area contributed by atoms with Gasteiger partial charge in [0, 0.05) is 11.1 Å². The van der Waals surface area contributed by atoms with Crippen LogP contribution in [0.3, 0.4) is 0 Å². The van der Waals surface area contributed by atoms with Crippen LogP contribution in [0.25, 0.3) is 0 Å². The topological polar surface area (TPSA) is 59.9 Å². The van der Waals surface area contributed by atoms with Crippen LogP contribution in [0.2, 0.25) is 4.47 Å². The van der Waals surface area contributed by atoms with Crippen LogP contribution in [0, 0.1) is 11.5 Å². The maximum atomic E-state index is 9.45. The molecule has 0 aliphatic heterocycles. The highest BCUT2D eigenvalue weighted by atomic mass is 35.5. The average Bonchev–Trinajstić information content (AvgIpc) is 2.49. The van der Waals surface area contributed by atoms with Gasteiger partial charge >= 0.3 is 6.19 Å². The van der Waals surface area contributed by atoms with Crippen LogP contribution in [-0.4, -0.2) is 20.5 Å². The second-order valence-corrected chi connectivity index (χ2v) is 5.37. The molecule has 1 aromatic rings. The predicted molar refractivity (Wildman–Crippen MR) is 52.6 cm³/mol. The summed E-state index contributed by atoms with van der Waals surface area (Å²) in [4.78, 5) is 4.70. The number of aromatic nitrogens is 1. The second kappa shape index (κ2) is 4.67. The van der Waals surface area contributed by atoms with Crippen molar-refractivity contribution in [3.8, 4) is 6.19 Å². The zero-order valence-electron chi connectivity index (χ0n) is 6.77. The van der Waals surface area contributed by atoms with Crippen molar-refractivity contribution in [2.45, 2.75) is 5.75 Å². The summed E-state index contributed by atoms with van der Waals surface area (Å²) in [6.07, 6.45) is 3.44. The quantitative estimate of drug-likeness (QED) is 0.483. The molecule has 0 aliphatic rings. The summed E-state index contributed by atoms with van der Waals surface area (Å²) in [5, 5.41) is 8.47. The maximum absolute atomic E-state index is 9.45. The molecule has 0 aliphatic carbocycles. The van der Waals surface area contributed by atoms with E-state index in [1.165, 1.54) is 22.3 Å². The summed E-state index contributed by atoms with van der Waals surface area (Å²) in [7, 11) is 0.465. The van der Waals surface area contributed by atoms with Crippen molar-refractivity contribution < 1.29 is 8.50 Å². The first-order chi connectivity index (χ1) is 6.13. The van der Waals surface area contributed by atoms with Gasteiger partial charge in [-0.1, -0.05) is 11.6 Å². The number of halogens is 1. The SMILES string of the molecule is C[N+](C#N)=S(O)Cc1cnc(Cl)s1. The van der Waals surface area contributed by atoms with Gasteiger partial charge in [-0.05, 0) is 0 Å². The first-order valence-electron chi connectivity index (χ1n) is 3.27. The van der Waals surface area contributed by atoms with Gasteiger partial charge in [0.25, 0.3) is 0 Å². The number of hydrogen-bond acceptors (Lipinski definition) is 3. The molecule has 1 rings (SSSR count). The third kappa shape index (κ3) is 3.04. The first kappa shape index (κ1) is 10.6. The van der Waals surface area contributed by atoms with Crippen molar-refractivity contribution in [3.05, 3.63) is 15.5 Å². The zero-order valence-corrected chi connectivity index (χ0v) is 9.16.